The number of carbonyl (C=O) groups is 3. The summed E-state index contributed by atoms with van der Waals surface area (Å²) in [6.45, 7) is 4.64. The van der Waals surface area contributed by atoms with Crippen molar-refractivity contribution in [1.82, 2.24) is 9.88 Å². The van der Waals surface area contributed by atoms with Gasteiger partial charge in [-0.2, -0.15) is 0 Å². The quantitative estimate of drug-likeness (QED) is 0.331. The van der Waals surface area contributed by atoms with Crippen LogP contribution >= 0.6 is 11.3 Å². The van der Waals surface area contributed by atoms with Gasteiger partial charge in [0.25, 0.3) is 5.91 Å². The van der Waals surface area contributed by atoms with Crippen molar-refractivity contribution in [2.45, 2.75) is 32.7 Å². The number of carbonyl (C=O) groups excluding carboxylic acids is 3. The molecule has 194 valence electrons. The van der Waals surface area contributed by atoms with Gasteiger partial charge in [-0.3, -0.25) is 14.4 Å². The smallest absolute Gasteiger partial charge is 0.313 e. The van der Waals surface area contributed by atoms with E-state index in [0.29, 0.717) is 41.5 Å². The lowest BCUT2D eigenvalue weighted by molar-refractivity contribution is -0.143. The number of benzene rings is 2. The zero-order chi connectivity index (χ0) is 26.7. The molecule has 1 aromatic heterocycles. The first-order valence-electron chi connectivity index (χ1n) is 11.7. The number of aromatic nitrogens is 1. The summed E-state index contributed by atoms with van der Waals surface area (Å²) in [5.41, 5.74) is 9.28. The highest BCUT2D eigenvalue weighted by atomic mass is 32.1. The van der Waals surface area contributed by atoms with Crippen LogP contribution in [-0.4, -0.2) is 48.4 Å². The Balaban J connectivity index is 1.42. The number of anilines is 3. The Hall–Kier alpha value is -4.12. The summed E-state index contributed by atoms with van der Waals surface area (Å²) >= 11 is 1.20. The SMILES string of the molecule is COc1ccc(NC(=O)C(=O)N2CCc3nc(C(=O)Nc4cc(C(C)C)ccc4N)sc3C2)cc1OC. The normalized spacial score (nSPS) is 12.6. The van der Waals surface area contributed by atoms with E-state index in [9.17, 15) is 14.4 Å². The average molecular weight is 524 g/mol. The minimum atomic E-state index is -0.765. The molecule has 0 atom stereocenters. The van der Waals surface area contributed by atoms with E-state index in [4.69, 9.17) is 15.2 Å². The number of fused-ring (bicyclic) bond motifs is 1. The molecule has 0 saturated heterocycles. The molecule has 0 saturated carbocycles. The minimum absolute atomic E-state index is 0.198. The van der Waals surface area contributed by atoms with Gasteiger partial charge in [0, 0.05) is 29.6 Å². The molecule has 3 amide bonds. The van der Waals surface area contributed by atoms with Crippen LogP contribution in [0.3, 0.4) is 0 Å². The van der Waals surface area contributed by atoms with Crippen LogP contribution in [0.25, 0.3) is 0 Å². The minimum Gasteiger partial charge on any atom is -0.493 e. The van der Waals surface area contributed by atoms with Crippen molar-refractivity contribution in [2.75, 3.05) is 37.1 Å². The zero-order valence-corrected chi connectivity index (χ0v) is 21.9. The summed E-state index contributed by atoms with van der Waals surface area (Å²) in [5, 5.41) is 5.73. The van der Waals surface area contributed by atoms with Gasteiger partial charge in [0.05, 0.1) is 37.8 Å². The van der Waals surface area contributed by atoms with E-state index in [1.54, 1.807) is 24.3 Å². The molecule has 0 unspecified atom stereocenters. The molecule has 0 radical (unpaired) electrons. The molecule has 2 aromatic carbocycles. The van der Waals surface area contributed by atoms with Gasteiger partial charge in [-0.05, 0) is 35.7 Å². The Morgan fingerprint density at radius 3 is 2.51 bits per heavy atom. The average Bonchev–Trinajstić information content (AvgIpc) is 3.33. The van der Waals surface area contributed by atoms with Crippen LogP contribution < -0.4 is 25.8 Å². The van der Waals surface area contributed by atoms with Crippen LogP contribution in [0, 0.1) is 0 Å². The lowest BCUT2D eigenvalue weighted by Gasteiger charge is -2.25. The van der Waals surface area contributed by atoms with Gasteiger partial charge in [-0.1, -0.05) is 19.9 Å². The number of ether oxygens (including phenoxy) is 2. The number of methoxy groups -OCH3 is 2. The Morgan fingerprint density at radius 2 is 1.81 bits per heavy atom. The molecule has 3 aromatic rings. The Bertz CT molecular complexity index is 1350. The van der Waals surface area contributed by atoms with Crippen molar-refractivity contribution in [2.24, 2.45) is 0 Å². The van der Waals surface area contributed by atoms with Gasteiger partial charge in [0.2, 0.25) is 0 Å². The number of hydrogen-bond acceptors (Lipinski definition) is 8. The van der Waals surface area contributed by atoms with Crippen molar-refractivity contribution in [1.29, 1.82) is 0 Å². The van der Waals surface area contributed by atoms with Gasteiger partial charge < -0.3 is 30.7 Å². The van der Waals surface area contributed by atoms with E-state index in [-0.39, 0.29) is 23.4 Å². The topological polar surface area (TPSA) is 136 Å². The maximum atomic E-state index is 12.9. The summed E-state index contributed by atoms with van der Waals surface area (Å²) in [6.07, 6.45) is 0.444. The molecule has 0 aliphatic carbocycles. The fourth-order valence-corrected chi connectivity index (χ4v) is 4.94. The molecule has 0 spiro atoms. The Labute approximate surface area is 218 Å². The van der Waals surface area contributed by atoms with Crippen LogP contribution in [0.4, 0.5) is 17.1 Å². The third kappa shape index (κ3) is 5.67. The maximum Gasteiger partial charge on any atom is 0.313 e. The van der Waals surface area contributed by atoms with Crippen molar-refractivity contribution in [3.8, 4) is 11.5 Å². The van der Waals surface area contributed by atoms with E-state index >= 15 is 0 Å². The second kappa shape index (κ2) is 10.9. The highest BCUT2D eigenvalue weighted by Crippen LogP contribution is 2.31. The van der Waals surface area contributed by atoms with Crippen LogP contribution in [0.15, 0.2) is 36.4 Å². The van der Waals surface area contributed by atoms with Gasteiger partial charge in [0.1, 0.15) is 0 Å². The van der Waals surface area contributed by atoms with Crippen LogP contribution in [0.2, 0.25) is 0 Å². The summed E-state index contributed by atoms with van der Waals surface area (Å²) in [4.78, 5) is 45.1. The molecule has 2 heterocycles. The fraction of sp³-hybridized carbons (Fsp3) is 0.308. The number of hydrogen-bond donors (Lipinski definition) is 3. The van der Waals surface area contributed by atoms with E-state index in [1.165, 1.54) is 30.5 Å². The summed E-state index contributed by atoms with van der Waals surface area (Å²) < 4.78 is 10.4. The van der Waals surface area contributed by atoms with Crippen LogP contribution in [0.5, 0.6) is 11.5 Å². The molecule has 4 rings (SSSR count). The second-order valence-electron chi connectivity index (χ2n) is 8.84. The number of rotatable bonds is 6. The summed E-state index contributed by atoms with van der Waals surface area (Å²) in [7, 11) is 3.00. The van der Waals surface area contributed by atoms with Crippen molar-refractivity contribution in [3.63, 3.8) is 0 Å². The molecule has 0 fully saturated rings. The van der Waals surface area contributed by atoms with E-state index < -0.39 is 11.8 Å². The van der Waals surface area contributed by atoms with Gasteiger partial charge in [-0.25, -0.2) is 4.98 Å². The lowest BCUT2D eigenvalue weighted by atomic mass is 10.0. The van der Waals surface area contributed by atoms with E-state index in [0.717, 1.165) is 16.1 Å². The number of nitrogens with two attached hydrogens (primary N) is 1. The second-order valence-corrected chi connectivity index (χ2v) is 9.93. The van der Waals surface area contributed by atoms with Crippen LogP contribution in [-0.2, 0) is 22.6 Å². The number of nitrogens with zero attached hydrogens (tertiary/aromatic N) is 2. The highest BCUT2D eigenvalue weighted by molar-refractivity contribution is 7.13. The number of amides is 3. The molecule has 0 bridgehead atoms. The molecular weight excluding hydrogens is 494 g/mol. The van der Waals surface area contributed by atoms with Gasteiger partial charge in [-0.15, -0.1) is 11.3 Å². The monoisotopic (exact) mass is 523 g/mol. The number of nitrogens with one attached hydrogen (secondary N) is 2. The molecule has 37 heavy (non-hydrogen) atoms. The molecule has 4 N–H and O–H groups in total. The van der Waals surface area contributed by atoms with Crippen molar-refractivity contribution in [3.05, 3.63) is 57.5 Å². The third-order valence-corrected chi connectivity index (χ3v) is 7.12. The fourth-order valence-electron chi connectivity index (χ4n) is 3.93. The number of thiazole rings is 1. The van der Waals surface area contributed by atoms with Crippen molar-refractivity contribution >= 4 is 46.1 Å². The van der Waals surface area contributed by atoms with Crippen LogP contribution in [0.1, 0.15) is 45.7 Å². The largest absolute Gasteiger partial charge is 0.493 e. The van der Waals surface area contributed by atoms with E-state index in [1.807, 2.05) is 12.1 Å². The summed E-state index contributed by atoms with van der Waals surface area (Å²) in [5.74, 6) is -0.567. The molecule has 1 aliphatic heterocycles. The van der Waals surface area contributed by atoms with Gasteiger partial charge >= 0.3 is 11.8 Å². The standard InChI is InChI=1S/C26H29N5O5S/c1-14(2)15-5-7-17(27)19(11-15)29-23(32)25-30-18-9-10-31(13-22(18)37-25)26(34)24(33)28-16-6-8-20(35-3)21(12-16)36-4/h5-8,11-12,14H,9-10,13,27H2,1-4H3,(H,28,33)(H,29,32). The predicted octanol–water partition coefficient (Wildman–Crippen LogP) is 3.64. The predicted molar refractivity (Wildman–Crippen MR) is 142 cm³/mol. The maximum absolute atomic E-state index is 12.9. The zero-order valence-electron chi connectivity index (χ0n) is 21.1. The lowest BCUT2D eigenvalue weighted by Crippen LogP contribution is -2.42. The Morgan fingerprint density at radius 1 is 1.05 bits per heavy atom. The third-order valence-electron chi connectivity index (χ3n) is 6.04. The first-order chi connectivity index (χ1) is 17.7. The highest BCUT2D eigenvalue weighted by Gasteiger charge is 2.29. The summed E-state index contributed by atoms with van der Waals surface area (Å²) in [6, 6.07) is 10.4. The van der Waals surface area contributed by atoms with Crippen molar-refractivity contribution < 1.29 is 23.9 Å². The van der Waals surface area contributed by atoms with E-state index in [2.05, 4.69) is 29.5 Å². The first kappa shape index (κ1) is 26.0. The first-order valence-corrected chi connectivity index (χ1v) is 12.5. The molecule has 10 nitrogen and oxygen atoms in total. The molecule has 11 heteroatoms. The molecule has 1 aliphatic rings. The van der Waals surface area contributed by atoms with Gasteiger partial charge in [0.15, 0.2) is 16.5 Å². The number of nitrogen functional groups attached to an aromatic ring is 1. The molecular formula is C26H29N5O5S. The Kier molecular flexibility index (Phi) is 7.63.